The van der Waals surface area contributed by atoms with Gasteiger partial charge in [0.1, 0.15) is 0 Å². The van der Waals surface area contributed by atoms with Crippen molar-refractivity contribution >= 4 is 0 Å². The smallest absolute Gasteiger partial charge is 0.381 e. The summed E-state index contributed by atoms with van der Waals surface area (Å²) in [5, 5.41) is 0. The Morgan fingerprint density at radius 1 is 0.190 bits per heavy atom. The van der Waals surface area contributed by atoms with Gasteiger partial charge in [0.25, 0.3) is 0 Å². The van der Waals surface area contributed by atoms with Crippen molar-refractivity contribution in [3.05, 3.63) is 182 Å². The molecular weight excluding hydrogens is 1050 g/mol. The molecule has 14 rings (SSSR count). The Bertz CT molecular complexity index is 1590. The Labute approximate surface area is 521 Å². The van der Waals surface area contributed by atoms with Crippen LogP contribution in [0.3, 0.4) is 0 Å². The second-order valence-electron chi connectivity index (χ2n) is 18.2. The van der Waals surface area contributed by atoms with Crippen LogP contribution in [0.1, 0.15) is 103 Å². The summed E-state index contributed by atoms with van der Waals surface area (Å²) in [7, 11) is 0. The van der Waals surface area contributed by atoms with E-state index in [1.165, 1.54) is 103 Å². The van der Waals surface area contributed by atoms with Gasteiger partial charge < -0.3 is 37.9 Å². The van der Waals surface area contributed by atoms with Crippen molar-refractivity contribution in [1.82, 2.24) is 0 Å². The van der Waals surface area contributed by atoms with Crippen LogP contribution < -0.4 is 37.7 Å². The summed E-state index contributed by atoms with van der Waals surface area (Å²) in [4.78, 5) is 0. The fourth-order valence-electron chi connectivity index (χ4n) is 7.45. The molecule has 0 N–H and O–H groups in total. The quantitative estimate of drug-likeness (QED) is 0.128. The SMILES string of the molecule is C1CCOC1.C1CCOC1.C1CCOC1.C1CCOC1.C1CCOC1.C1CCOC1.C1CCOC1.C1CCOC1.[Li+].[Li+].[Zr+4].[c-]1ccccc1-c1[c-]cccc1.[c-]1ccccc1-c1[c-]cccc1.[c-]1ccccc1-c1[c-]cccc1. The minimum absolute atomic E-state index is 0. The van der Waals surface area contributed by atoms with Gasteiger partial charge in [-0.15, -0.1) is 36.4 Å². The molecule has 0 aliphatic carbocycles. The molecule has 414 valence electrons. The summed E-state index contributed by atoms with van der Waals surface area (Å²) < 4.78 is 39.6. The van der Waals surface area contributed by atoms with Crippen LogP contribution >= 0.6 is 0 Å². The van der Waals surface area contributed by atoms with E-state index in [1.807, 2.05) is 146 Å². The molecule has 0 amide bonds. The monoisotopic (exact) mass is 1140 g/mol. The molecule has 6 aromatic rings. The third-order valence-electron chi connectivity index (χ3n) is 11.7. The molecular formula is C68H88Li2O8Zr. The van der Waals surface area contributed by atoms with E-state index in [0.717, 1.165) is 139 Å². The standard InChI is InChI=1S/3C12H8.8C4H8O.2Li.Zr/c3*1-3-7-11(8-4-1)12-9-5-2-6-10-12;8*1-2-4-5-3-1;;;/h3*1-7,9H;8*1-4H2;;;/q3*-2;;;;;;;;;2*+1;+4. The van der Waals surface area contributed by atoms with Crippen LogP contribution in [0.4, 0.5) is 0 Å². The Balaban J connectivity index is 0.000000443. The molecule has 8 aliphatic rings. The molecule has 8 aliphatic heterocycles. The molecule has 0 radical (unpaired) electrons. The molecule has 8 fully saturated rings. The van der Waals surface area contributed by atoms with Crippen molar-refractivity contribution in [2.75, 3.05) is 106 Å². The van der Waals surface area contributed by atoms with Gasteiger partial charge in [-0.25, -0.2) is 33.4 Å². The second-order valence-corrected chi connectivity index (χ2v) is 18.2. The van der Waals surface area contributed by atoms with Crippen LogP contribution in [0.25, 0.3) is 33.4 Å². The first-order chi connectivity index (χ1) is 37.9. The van der Waals surface area contributed by atoms with E-state index in [2.05, 4.69) is 36.4 Å². The molecule has 11 heteroatoms. The minimum Gasteiger partial charge on any atom is -0.381 e. The summed E-state index contributed by atoms with van der Waals surface area (Å²) in [6.45, 7) is 16.0. The molecule has 8 saturated heterocycles. The number of hydrogen-bond donors (Lipinski definition) is 0. The van der Waals surface area contributed by atoms with Gasteiger partial charge in [0.2, 0.25) is 0 Å². The van der Waals surface area contributed by atoms with E-state index < -0.39 is 0 Å². The third kappa shape index (κ3) is 42.5. The molecule has 0 unspecified atom stereocenters. The Morgan fingerprint density at radius 3 is 0.367 bits per heavy atom. The van der Waals surface area contributed by atoms with Gasteiger partial charge in [0, 0.05) is 106 Å². The Morgan fingerprint density at radius 2 is 0.304 bits per heavy atom. The van der Waals surface area contributed by atoms with Crippen LogP contribution in [-0.4, -0.2) is 106 Å². The predicted molar refractivity (Wildman–Crippen MR) is 309 cm³/mol. The zero-order valence-electron chi connectivity index (χ0n) is 48.2. The average Bonchev–Trinajstić information content (AvgIpc) is 4.35. The van der Waals surface area contributed by atoms with Gasteiger partial charge in [-0.2, -0.15) is 146 Å². The van der Waals surface area contributed by atoms with Crippen LogP contribution in [0.15, 0.2) is 146 Å². The summed E-state index contributed by atoms with van der Waals surface area (Å²) in [6, 6.07) is 66.4. The van der Waals surface area contributed by atoms with Crippen molar-refractivity contribution in [1.29, 1.82) is 0 Å². The summed E-state index contributed by atoms with van der Waals surface area (Å²) >= 11 is 0. The normalized spacial score (nSPS) is 16.6. The minimum atomic E-state index is 0. The van der Waals surface area contributed by atoms with E-state index in [1.54, 1.807) is 0 Å². The summed E-state index contributed by atoms with van der Waals surface area (Å²) in [6.07, 6.45) is 20.4. The Hall–Kier alpha value is -2.92. The molecule has 79 heavy (non-hydrogen) atoms. The van der Waals surface area contributed by atoms with Crippen LogP contribution in [0.5, 0.6) is 0 Å². The van der Waals surface area contributed by atoms with Gasteiger partial charge in [-0.1, -0.05) is 0 Å². The molecule has 8 nitrogen and oxygen atoms in total. The Kier molecular flexibility index (Phi) is 53.4. The molecule has 6 aromatic carbocycles. The largest absolute Gasteiger partial charge is 4.00 e. The van der Waals surface area contributed by atoms with Crippen LogP contribution in [0.2, 0.25) is 0 Å². The maximum atomic E-state index is 4.94. The van der Waals surface area contributed by atoms with Crippen molar-refractivity contribution in [2.45, 2.75) is 103 Å². The van der Waals surface area contributed by atoms with Crippen LogP contribution in [0, 0.1) is 36.4 Å². The van der Waals surface area contributed by atoms with Gasteiger partial charge in [-0.3, -0.25) is 0 Å². The van der Waals surface area contributed by atoms with Crippen molar-refractivity contribution in [2.24, 2.45) is 0 Å². The third-order valence-corrected chi connectivity index (χ3v) is 11.7. The zero-order valence-corrected chi connectivity index (χ0v) is 50.7. The van der Waals surface area contributed by atoms with Gasteiger partial charge in [0.15, 0.2) is 0 Å². The summed E-state index contributed by atoms with van der Waals surface area (Å²) in [5.74, 6) is 0. The first-order valence-corrected chi connectivity index (χ1v) is 28.3. The maximum absolute atomic E-state index is 4.94. The first kappa shape index (κ1) is 74.1. The van der Waals surface area contributed by atoms with Crippen LogP contribution in [-0.2, 0) is 64.1 Å². The number of ether oxygens (including phenoxy) is 8. The first-order valence-electron chi connectivity index (χ1n) is 28.3. The van der Waals surface area contributed by atoms with E-state index >= 15 is 0 Å². The zero-order chi connectivity index (χ0) is 53.0. The van der Waals surface area contributed by atoms with Gasteiger partial charge in [0.05, 0.1) is 0 Å². The van der Waals surface area contributed by atoms with Crippen molar-refractivity contribution in [3.8, 4) is 33.4 Å². The molecule has 0 atom stereocenters. The van der Waals surface area contributed by atoms with Gasteiger partial charge in [-0.05, 0) is 103 Å². The predicted octanol–water partition coefficient (Wildman–Crippen LogP) is 9.24. The molecule has 0 saturated carbocycles. The van der Waals surface area contributed by atoms with Crippen molar-refractivity contribution in [3.63, 3.8) is 0 Å². The number of benzene rings is 6. The van der Waals surface area contributed by atoms with E-state index in [4.69, 9.17) is 37.9 Å². The van der Waals surface area contributed by atoms with Gasteiger partial charge >= 0.3 is 63.9 Å². The average molecular weight is 1140 g/mol. The fraction of sp³-hybridized carbons (Fsp3) is 0.471. The van der Waals surface area contributed by atoms with E-state index in [9.17, 15) is 0 Å². The topological polar surface area (TPSA) is 73.8 Å². The van der Waals surface area contributed by atoms with E-state index in [-0.39, 0.29) is 63.9 Å². The number of rotatable bonds is 3. The molecule has 0 bridgehead atoms. The van der Waals surface area contributed by atoms with Crippen molar-refractivity contribution < 1.29 is 102 Å². The summed E-state index contributed by atoms with van der Waals surface area (Å²) in [5.41, 5.74) is 6.57. The maximum Gasteiger partial charge on any atom is 4.00 e. The number of hydrogen-bond acceptors (Lipinski definition) is 8. The second kappa shape index (κ2) is 56.9. The fourth-order valence-corrected chi connectivity index (χ4v) is 7.45. The molecule has 0 spiro atoms. The molecule has 0 aromatic heterocycles. The van der Waals surface area contributed by atoms with E-state index in [0.29, 0.717) is 0 Å². The molecule has 8 heterocycles.